The molecule has 0 unspecified atom stereocenters. The number of aryl methyl sites for hydroxylation is 1. The summed E-state index contributed by atoms with van der Waals surface area (Å²) in [6.45, 7) is 5.08. The second-order valence-electron chi connectivity index (χ2n) is 3.96. The smallest absolute Gasteiger partial charge is 0.132 e. The van der Waals surface area contributed by atoms with Gasteiger partial charge in [0.15, 0.2) is 0 Å². The van der Waals surface area contributed by atoms with Crippen LogP contribution in [-0.2, 0) is 7.05 Å². The third kappa shape index (κ3) is 2.27. The maximum atomic E-state index is 4.34. The normalized spacial score (nSPS) is 10.5. The average Bonchev–Trinajstić information content (AvgIpc) is 2.74. The fourth-order valence-electron chi connectivity index (χ4n) is 1.74. The Balaban J connectivity index is 2.39. The van der Waals surface area contributed by atoms with Gasteiger partial charge >= 0.3 is 0 Å². The molecular weight excluding hydrogens is 214 g/mol. The van der Waals surface area contributed by atoms with Gasteiger partial charge in [0.2, 0.25) is 0 Å². The van der Waals surface area contributed by atoms with Crippen molar-refractivity contribution >= 4 is 5.82 Å². The average molecular weight is 231 g/mol. The fraction of sp³-hybridized carbons (Fsp3) is 0.417. The first-order valence-electron chi connectivity index (χ1n) is 5.78. The van der Waals surface area contributed by atoms with Gasteiger partial charge in [0, 0.05) is 25.4 Å². The van der Waals surface area contributed by atoms with Gasteiger partial charge in [-0.1, -0.05) is 6.92 Å². The van der Waals surface area contributed by atoms with Crippen LogP contribution in [0.1, 0.15) is 18.9 Å². The summed E-state index contributed by atoms with van der Waals surface area (Å²) in [4.78, 5) is 8.60. The Morgan fingerprint density at radius 3 is 2.82 bits per heavy atom. The van der Waals surface area contributed by atoms with Gasteiger partial charge in [0.25, 0.3) is 0 Å². The first-order valence-corrected chi connectivity index (χ1v) is 5.78. The monoisotopic (exact) mass is 231 g/mol. The predicted octanol–water partition coefficient (Wildman–Crippen LogP) is 2.01. The van der Waals surface area contributed by atoms with Gasteiger partial charge in [0.05, 0.1) is 11.4 Å². The summed E-state index contributed by atoms with van der Waals surface area (Å²) in [6.07, 6.45) is 4.44. The minimum absolute atomic E-state index is 0.901. The molecule has 2 rings (SSSR count). The molecular formula is C12H17N5. The highest BCUT2D eigenvalue weighted by Gasteiger charge is 2.11. The fourth-order valence-corrected chi connectivity index (χ4v) is 1.74. The van der Waals surface area contributed by atoms with Gasteiger partial charge in [-0.25, -0.2) is 9.97 Å². The Morgan fingerprint density at radius 2 is 2.18 bits per heavy atom. The molecule has 1 N–H and O–H groups in total. The lowest BCUT2D eigenvalue weighted by Gasteiger charge is -2.10. The standard InChI is InChI=1S/C12H17N5/c1-4-6-13-12-9(2)11(14-8-15-12)10-5-7-16-17(10)3/h5,7-8H,4,6H2,1-3H3,(H,13,14,15). The molecule has 0 amide bonds. The maximum Gasteiger partial charge on any atom is 0.132 e. The van der Waals surface area contributed by atoms with Crippen LogP contribution >= 0.6 is 0 Å². The van der Waals surface area contributed by atoms with Gasteiger partial charge in [-0.15, -0.1) is 0 Å². The molecule has 2 aromatic heterocycles. The van der Waals surface area contributed by atoms with Gasteiger partial charge in [0.1, 0.15) is 12.1 Å². The van der Waals surface area contributed by atoms with E-state index in [-0.39, 0.29) is 0 Å². The molecule has 0 saturated carbocycles. The molecule has 5 nitrogen and oxygen atoms in total. The minimum atomic E-state index is 0.901. The third-order valence-electron chi connectivity index (χ3n) is 2.69. The SMILES string of the molecule is CCCNc1ncnc(-c2ccnn2C)c1C. The van der Waals surface area contributed by atoms with Gasteiger partial charge in [-0.05, 0) is 19.4 Å². The van der Waals surface area contributed by atoms with Crippen molar-refractivity contribution in [2.45, 2.75) is 20.3 Å². The van der Waals surface area contributed by atoms with Gasteiger partial charge in [-0.2, -0.15) is 5.10 Å². The number of aromatic nitrogens is 4. The molecule has 0 aliphatic carbocycles. The van der Waals surface area contributed by atoms with Crippen LogP contribution in [0.5, 0.6) is 0 Å². The number of rotatable bonds is 4. The highest BCUT2D eigenvalue weighted by atomic mass is 15.3. The number of hydrogen-bond acceptors (Lipinski definition) is 4. The topological polar surface area (TPSA) is 55.6 Å². The molecule has 90 valence electrons. The Hall–Kier alpha value is -1.91. The number of nitrogens with one attached hydrogen (secondary N) is 1. The van der Waals surface area contributed by atoms with Crippen LogP contribution in [0.25, 0.3) is 11.4 Å². The zero-order chi connectivity index (χ0) is 12.3. The molecule has 0 fully saturated rings. The lowest BCUT2D eigenvalue weighted by atomic mass is 10.2. The quantitative estimate of drug-likeness (QED) is 0.874. The van der Waals surface area contributed by atoms with E-state index in [1.165, 1.54) is 0 Å². The van der Waals surface area contributed by atoms with E-state index in [4.69, 9.17) is 0 Å². The summed E-state index contributed by atoms with van der Waals surface area (Å²) in [5.41, 5.74) is 2.99. The first-order chi connectivity index (χ1) is 8.24. The van der Waals surface area contributed by atoms with E-state index in [2.05, 4.69) is 27.3 Å². The Labute approximate surface area is 101 Å². The molecule has 0 atom stereocenters. The van der Waals surface area contributed by atoms with Crippen molar-refractivity contribution in [3.8, 4) is 11.4 Å². The largest absolute Gasteiger partial charge is 0.370 e. The van der Waals surface area contributed by atoms with E-state index in [0.717, 1.165) is 35.7 Å². The van der Waals surface area contributed by atoms with E-state index in [1.54, 1.807) is 12.5 Å². The van der Waals surface area contributed by atoms with Crippen LogP contribution in [-0.4, -0.2) is 26.3 Å². The Bertz CT molecular complexity index is 503. The lowest BCUT2D eigenvalue weighted by Crippen LogP contribution is -2.06. The van der Waals surface area contributed by atoms with E-state index in [9.17, 15) is 0 Å². The van der Waals surface area contributed by atoms with E-state index in [1.807, 2.05) is 24.7 Å². The highest BCUT2D eigenvalue weighted by Crippen LogP contribution is 2.23. The van der Waals surface area contributed by atoms with Crippen LogP contribution in [0.3, 0.4) is 0 Å². The maximum absolute atomic E-state index is 4.34. The molecule has 0 radical (unpaired) electrons. The molecule has 5 heteroatoms. The van der Waals surface area contributed by atoms with E-state index in [0.29, 0.717) is 0 Å². The van der Waals surface area contributed by atoms with Crippen molar-refractivity contribution in [3.05, 3.63) is 24.2 Å². The van der Waals surface area contributed by atoms with Crippen molar-refractivity contribution in [3.63, 3.8) is 0 Å². The summed E-state index contributed by atoms with van der Waals surface area (Å²) in [5, 5.41) is 7.47. The van der Waals surface area contributed by atoms with Crippen LogP contribution in [0.4, 0.5) is 5.82 Å². The lowest BCUT2D eigenvalue weighted by molar-refractivity contribution is 0.772. The molecule has 0 saturated heterocycles. The summed E-state index contributed by atoms with van der Waals surface area (Å²) in [5.74, 6) is 0.901. The molecule has 0 spiro atoms. The molecule has 0 bridgehead atoms. The highest BCUT2D eigenvalue weighted by molar-refractivity contribution is 5.64. The molecule has 2 heterocycles. The molecule has 17 heavy (non-hydrogen) atoms. The summed E-state index contributed by atoms with van der Waals surface area (Å²) >= 11 is 0. The third-order valence-corrected chi connectivity index (χ3v) is 2.69. The van der Waals surface area contributed by atoms with E-state index >= 15 is 0 Å². The molecule has 0 aromatic carbocycles. The van der Waals surface area contributed by atoms with Crippen LogP contribution in [0.15, 0.2) is 18.6 Å². The molecule has 0 aliphatic rings. The van der Waals surface area contributed by atoms with Gasteiger partial charge in [-0.3, -0.25) is 4.68 Å². The van der Waals surface area contributed by atoms with Crippen molar-refractivity contribution in [1.29, 1.82) is 0 Å². The zero-order valence-corrected chi connectivity index (χ0v) is 10.4. The summed E-state index contributed by atoms with van der Waals surface area (Å²) in [6, 6.07) is 1.96. The predicted molar refractivity (Wildman–Crippen MR) is 67.8 cm³/mol. The van der Waals surface area contributed by atoms with Crippen molar-refractivity contribution in [1.82, 2.24) is 19.7 Å². The zero-order valence-electron chi connectivity index (χ0n) is 10.4. The van der Waals surface area contributed by atoms with Crippen molar-refractivity contribution < 1.29 is 0 Å². The summed E-state index contributed by atoms with van der Waals surface area (Å²) in [7, 11) is 1.91. The van der Waals surface area contributed by atoms with Crippen LogP contribution in [0.2, 0.25) is 0 Å². The molecule has 2 aromatic rings. The van der Waals surface area contributed by atoms with Gasteiger partial charge < -0.3 is 5.32 Å². The van der Waals surface area contributed by atoms with Crippen LogP contribution in [0, 0.1) is 6.92 Å². The number of nitrogens with zero attached hydrogens (tertiary/aromatic N) is 4. The molecule has 0 aliphatic heterocycles. The van der Waals surface area contributed by atoms with Crippen molar-refractivity contribution in [2.24, 2.45) is 7.05 Å². The number of hydrogen-bond donors (Lipinski definition) is 1. The Morgan fingerprint density at radius 1 is 1.35 bits per heavy atom. The number of anilines is 1. The minimum Gasteiger partial charge on any atom is -0.370 e. The van der Waals surface area contributed by atoms with Crippen LogP contribution < -0.4 is 5.32 Å². The first kappa shape index (κ1) is 11.6. The Kier molecular flexibility index (Phi) is 3.37. The summed E-state index contributed by atoms with van der Waals surface area (Å²) < 4.78 is 1.82. The van der Waals surface area contributed by atoms with E-state index < -0.39 is 0 Å². The van der Waals surface area contributed by atoms with Crippen molar-refractivity contribution in [2.75, 3.05) is 11.9 Å². The second kappa shape index (κ2) is 4.95. The second-order valence-corrected chi connectivity index (χ2v) is 3.96.